The van der Waals surface area contributed by atoms with E-state index >= 15 is 0 Å². The minimum atomic E-state index is -0.0665. The Kier molecular flexibility index (Phi) is 3.21. The molecular weight excluding hydrogens is 342 g/mol. The summed E-state index contributed by atoms with van der Waals surface area (Å²) in [6, 6.07) is 16.0. The van der Waals surface area contributed by atoms with Crippen molar-refractivity contribution in [2.24, 2.45) is 0 Å². The number of aryl methyl sites for hydroxylation is 2. The number of nitrogens with zero attached hydrogens (tertiary/aromatic N) is 3. The molecule has 26 heavy (non-hydrogen) atoms. The summed E-state index contributed by atoms with van der Waals surface area (Å²) >= 11 is 1.55. The van der Waals surface area contributed by atoms with Crippen LogP contribution in [0.1, 0.15) is 10.4 Å². The van der Waals surface area contributed by atoms with Gasteiger partial charge in [0.25, 0.3) is 5.56 Å². The van der Waals surface area contributed by atoms with Gasteiger partial charge in [-0.15, -0.1) is 11.3 Å². The summed E-state index contributed by atoms with van der Waals surface area (Å²) in [5.41, 5.74) is 4.63. The molecule has 5 rings (SSSR count). The van der Waals surface area contributed by atoms with E-state index in [4.69, 9.17) is 4.98 Å². The fraction of sp³-hybridized carbons (Fsp3) is 0.0952. The highest BCUT2D eigenvalue weighted by molar-refractivity contribution is 7.17. The zero-order valence-corrected chi connectivity index (χ0v) is 15.2. The summed E-state index contributed by atoms with van der Waals surface area (Å²) in [6.07, 6.45) is 1.64. The van der Waals surface area contributed by atoms with Gasteiger partial charge < -0.3 is 0 Å². The van der Waals surface area contributed by atoms with Crippen LogP contribution < -0.4 is 5.56 Å². The number of thiazole rings is 1. The van der Waals surface area contributed by atoms with Gasteiger partial charge in [0.15, 0.2) is 4.96 Å². The number of fused-ring (bicyclic) bond motifs is 4. The first-order valence-corrected chi connectivity index (χ1v) is 9.22. The first kappa shape index (κ1) is 15.2. The van der Waals surface area contributed by atoms with Crippen LogP contribution in [0.4, 0.5) is 0 Å². The lowest BCUT2D eigenvalue weighted by atomic mass is 10.1. The zero-order valence-electron chi connectivity index (χ0n) is 14.4. The lowest BCUT2D eigenvalue weighted by Crippen LogP contribution is -2.15. The number of rotatable bonds is 1. The molecular formula is C21H15N3OS. The molecule has 0 N–H and O–H groups in total. The van der Waals surface area contributed by atoms with Crippen molar-refractivity contribution in [1.82, 2.24) is 14.4 Å². The standard InChI is InChI=1S/C21H15N3OS/c1-12-7-9-14(10-8-12)19-13(2)26-21-23-18-15-5-3-4-6-17(15)22-11-16(18)20(25)24(19)21/h3-11H,1-2H3. The van der Waals surface area contributed by atoms with Crippen LogP contribution in [0.25, 0.3) is 38.0 Å². The van der Waals surface area contributed by atoms with Gasteiger partial charge in [0.1, 0.15) is 0 Å². The summed E-state index contributed by atoms with van der Waals surface area (Å²) in [5, 5.41) is 1.46. The van der Waals surface area contributed by atoms with Crippen LogP contribution in [-0.2, 0) is 0 Å². The molecule has 0 radical (unpaired) electrons. The van der Waals surface area contributed by atoms with Crippen molar-refractivity contribution in [3.8, 4) is 11.3 Å². The Morgan fingerprint density at radius 2 is 1.73 bits per heavy atom. The van der Waals surface area contributed by atoms with E-state index in [0.29, 0.717) is 10.3 Å². The van der Waals surface area contributed by atoms with Gasteiger partial charge in [0, 0.05) is 16.5 Å². The molecule has 0 spiro atoms. The molecule has 126 valence electrons. The van der Waals surface area contributed by atoms with Crippen molar-refractivity contribution >= 4 is 38.1 Å². The molecule has 0 fully saturated rings. The van der Waals surface area contributed by atoms with Crippen molar-refractivity contribution in [2.75, 3.05) is 0 Å². The minimum Gasteiger partial charge on any atom is -0.268 e. The predicted molar refractivity (Wildman–Crippen MR) is 107 cm³/mol. The third-order valence-corrected chi connectivity index (χ3v) is 5.66. The Labute approximate surface area is 153 Å². The number of hydrogen-bond donors (Lipinski definition) is 0. The second kappa shape index (κ2) is 5.47. The van der Waals surface area contributed by atoms with Crippen molar-refractivity contribution in [3.05, 3.63) is 75.5 Å². The van der Waals surface area contributed by atoms with Gasteiger partial charge in [-0.05, 0) is 25.5 Å². The quantitative estimate of drug-likeness (QED) is 0.407. The van der Waals surface area contributed by atoms with Gasteiger partial charge in [-0.25, -0.2) is 4.98 Å². The molecule has 0 bridgehead atoms. The number of benzene rings is 2. The van der Waals surface area contributed by atoms with E-state index in [1.165, 1.54) is 5.56 Å². The Balaban J connectivity index is 1.94. The molecule has 0 saturated heterocycles. The average Bonchev–Trinajstić information content (AvgIpc) is 2.99. The van der Waals surface area contributed by atoms with Crippen LogP contribution in [0.15, 0.2) is 59.5 Å². The van der Waals surface area contributed by atoms with Gasteiger partial charge in [-0.2, -0.15) is 0 Å². The Hall–Kier alpha value is -3.05. The number of hydrogen-bond acceptors (Lipinski definition) is 4. The highest BCUT2D eigenvalue weighted by atomic mass is 32.1. The third kappa shape index (κ3) is 2.10. The van der Waals surface area contributed by atoms with Crippen molar-refractivity contribution in [2.45, 2.75) is 13.8 Å². The largest absolute Gasteiger partial charge is 0.268 e. The molecule has 0 saturated carbocycles. The fourth-order valence-corrected chi connectivity index (χ4v) is 4.39. The Bertz CT molecular complexity index is 1360. The third-order valence-electron chi connectivity index (χ3n) is 4.71. The monoisotopic (exact) mass is 357 g/mol. The molecule has 5 heteroatoms. The van der Waals surface area contributed by atoms with Crippen LogP contribution >= 0.6 is 11.3 Å². The maximum absolute atomic E-state index is 13.3. The maximum atomic E-state index is 13.3. The van der Waals surface area contributed by atoms with Gasteiger partial charge in [-0.1, -0.05) is 48.0 Å². The second-order valence-electron chi connectivity index (χ2n) is 6.45. The molecule has 3 heterocycles. The van der Waals surface area contributed by atoms with Crippen LogP contribution in [-0.4, -0.2) is 14.4 Å². The molecule has 5 aromatic rings. The lowest BCUT2D eigenvalue weighted by molar-refractivity contribution is 1.11. The van der Waals surface area contributed by atoms with Crippen LogP contribution in [0, 0.1) is 13.8 Å². The molecule has 0 aliphatic rings. The molecule has 0 aliphatic carbocycles. The summed E-state index contributed by atoms with van der Waals surface area (Å²) in [7, 11) is 0. The fourth-order valence-electron chi connectivity index (χ4n) is 3.41. The number of para-hydroxylation sites is 1. The first-order chi connectivity index (χ1) is 12.6. The van der Waals surface area contributed by atoms with Crippen molar-refractivity contribution in [1.29, 1.82) is 0 Å². The normalized spacial score (nSPS) is 11.6. The van der Waals surface area contributed by atoms with E-state index in [-0.39, 0.29) is 5.56 Å². The smallest absolute Gasteiger partial charge is 0.268 e. The Morgan fingerprint density at radius 3 is 2.54 bits per heavy atom. The first-order valence-electron chi connectivity index (χ1n) is 8.40. The van der Waals surface area contributed by atoms with Gasteiger partial charge in [0.2, 0.25) is 0 Å². The predicted octanol–water partition coefficient (Wildman–Crippen LogP) is 4.74. The van der Waals surface area contributed by atoms with E-state index in [0.717, 1.165) is 32.6 Å². The van der Waals surface area contributed by atoms with Gasteiger partial charge in [0.05, 0.1) is 22.1 Å². The number of pyridine rings is 1. The summed E-state index contributed by atoms with van der Waals surface area (Å²) in [6.45, 7) is 4.09. The molecule has 4 nitrogen and oxygen atoms in total. The van der Waals surface area contributed by atoms with E-state index in [1.54, 1.807) is 21.9 Å². The highest BCUT2D eigenvalue weighted by Gasteiger charge is 2.17. The zero-order chi connectivity index (χ0) is 17.8. The van der Waals surface area contributed by atoms with Gasteiger partial charge in [-0.3, -0.25) is 14.2 Å². The van der Waals surface area contributed by atoms with E-state index in [1.807, 2.05) is 31.2 Å². The summed E-state index contributed by atoms with van der Waals surface area (Å²) < 4.78 is 1.73. The van der Waals surface area contributed by atoms with Crippen LogP contribution in [0.2, 0.25) is 0 Å². The SMILES string of the molecule is Cc1ccc(-c2c(C)sc3nc4c(cnc5ccccc54)c(=O)n23)cc1. The molecule has 0 atom stereocenters. The molecule has 2 aromatic carbocycles. The summed E-state index contributed by atoms with van der Waals surface area (Å²) in [5.74, 6) is 0. The van der Waals surface area contributed by atoms with Crippen LogP contribution in [0.3, 0.4) is 0 Å². The lowest BCUT2D eigenvalue weighted by Gasteiger charge is -2.06. The van der Waals surface area contributed by atoms with Crippen molar-refractivity contribution < 1.29 is 0 Å². The molecule has 0 unspecified atom stereocenters. The van der Waals surface area contributed by atoms with E-state index < -0.39 is 0 Å². The minimum absolute atomic E-state index is 0.0665. The highest BCUT2D eigenvalue weighted by Crippen LogP contribution is 2.31. The van der Waals surface area contributed by atoms with Crippen molar-refractivity contribution in [3.63, 3.8) is 0 Å². The Morgan fingerprint density at radius 1 is 0.962 bits per heavy atom. The molecule has 0 amide bonds. The molecule has 0 aliphatic heterocycles. The van der Waals surface area contributed by atoms with Crippen LogP contribution in [0.5, 0.6) is 0 Å². The second-order valence-corrected chi connectivity index (χ2v) is 7.63. The maximum Gasteiger partial charge on any atom is 0.268 e. The summed E-state index contributed by atoms with van der Waals surface area (Å²) in [4.78, 5) is 24.4. The topological polar surface area (TPSA) is 47.3 Å². The average molecular weight is 357 g/mol. The van der Waals surface area contributed by atoms with E-state index in [2.05, 4.69) is 36.2 Å². The van der Waals surface area contributed by atoms with E-state index in [9.17, 15) is 4.79 Å². The van der Waals surface area contributed by atoms with Gasteiger partial charge >= 0.3 is 0 Å². The molecule has 3 aromatic heterocycles. The number of aromatic nitrogens is 3.